The Morgan fingerprint density at radius 1 is 0.165 bits per heavy atom. The monoisotopic (exact) mass is 1750 g/mol. The average Bonchev–Trinajstić information content (AvgIpc) is 1.00. The fraction of sp³-hybridized carbons (Fsp3) is 0.769. The van der Waals surface area contributed by atoms with E-state index in [0.29, 0.717) is 19.8 Å². The zero-order valence-corrected chi connectivity index (χ0v) is 70.6. The third-order valence-corrected chi connectivity index (χ3v) is 15.2. The van der Waals surface area contributed by atoms with E-state index < -0.39 is 127 Å². The zero-order chi connectivity index (χ0) is 90.0. The number of methoxy groups -OCH3 is 6. The fourth-order valence-electron chi connectivity index (χ4n) is 8.92. The summed E-state index contributed by atoms with van der Waals surface area (Å²) >= 11 is 0. The molecule has 0 rings (SSSR count). The molecule has 0 saturated carbocycles. The van der Waals surface area contributed by atoms with E-state index in [1.165, 1.54) is 42.7 Å². The van der Waals surface area contributed by atoms with Gasteiger partial charge < -0.3 is 114 Å². The molecular weight excluding hydrogens is 1620 g/mol. The summed E-state index contributed by atoms with van der Waals surface area (Å²) in [5.74, 6) is -10.5. The molecule has 43 nitrogen and oxygen atoms in total. The summed E-state index contributed by atoms with van der Waals surface area (Å²) in [6, 6.07) is 0. The molecule has 0 radical (unpaired) electrons. The molecule has 0 fully saturated rings. The highest BCUT2D eigenvalue weighted by Gasteiger charge is 2.23. The summed E-state index contributed by atoms with van der Waals surface area (Å²) in [7, 11) is 8.87. The predicted octanol–water partition coefficient (Wildman–Crippen LogP) is 2.83. The number of carbonyl (C=O) groups excluding carboxylic acids is 18. The highest BCUT2D eigenvalue weighted by molar-refractivity contribution is 5.78. The van der Waals surface area contributed by atoms with Crippen LogP contribution in [0.15, 0.2) is 0 Å². The van der Waals surface area contributed by atoms with Crippen molar-refractivity contribution in [2.24, 2.45) is 0 Å². The quantitative estimate of drug-likeness (QED) is 0.0480. The van der Waals surface area contributed by atoms with E-state index in [2.05, 4.69) is 0 Å². The minimum atomic E-state index is -1.31. The van der Waals surface area contributed by atoms with Gasteiger partial charge in [-0.15, -0.1) is 0 Å². The van der Waals surface area contributed by atoms with Crippen LogP contribution in [0.2, 0.25) is 0 Å². The van der Waals surface area contributed by atoms with Gasteiger partial charge in [0.25, 0.3) is 0 Å². The number of hydrogen-bond donors (Lipinski definition) is 0. The molecule has 0 aromatic rings. The van der Waals surface area contributed by atoms with Crippen LogP contribution in [-0.2, 0) is 200 Å². The van der Waals surface area contributed by atoms with Crippen LogP contribution in [0.1, 0.15) is 173 Å². The Morgan fingerprint density at radius 3 is 0.438 bits per heavy atom. The summed E-state index contributed by atoms with van der Waals surface area (Å²) in [4.78, 5) is 217. The van der Waals surface area contributed by atoms with Gasteiger partial charge in [0, 0.05) is 178 Å². The first-order valence-corrected chi connectivity index (χ1v) is 39.8. The van der Waals surface area contributed by atoms with E-state index in [9.17, 15) is 86.3 Å². The molecule has 0 spiro atoms. The summed E-state index contributed by atoms with van der Waals surface area (Å²) in [6.45, 7) is 0.638. The second-order valence-electron chi connectivity index (χ2n) is 25.3. The van der Waals surface area contributed by atoms with Gasteiger partial charge in [-0.25, -0.2) is 0 Å². The van der Waals surface area contributed by atoms with Crippen LogP contribution in [0.3, 0.4) is 0 Å². The Bertz CT molecular complexity index is 2750. The SMILES string of the molecule is COCCOC(=O)CCCC(=O)OCCN(CCOC(=O)CCCC(=O)OCCOC)CCOC(=O)CCCC(=O)OCCOC.COCCOC(=O)CCCC(=O)OCCOC(=O)CCCC(=O)OCC(COC(=O)CCCC(=O)OCCOC(=O)CCCC(=O)OCCOC)OC(=O)CCCC(=O)OCCOC(=O)CCCC(=O)OCCOC. The van der Waals surface area contributed by atoms with Crippen LogP contribution >= 0.6 is 0 Å². The van der Waals surface area contributed by atoms with E-state index in [0.717, 1.165) is 0 Å². The smallest absolute Gasteiger partial charge is 0.306 e. The Labute approximate surface area is 703 Å². The first kappa shape index (κ1) is 113. The molecule has 0 aliphatic rings. The number of rotatable bonds is 77. The Morgan fingerprint density at radius 2 is 0.289 bits per heavy atom. The molecule has 0 bridgehead atoms. The first-order chi connectivity index (χ1) is 58.3. The summed E-state index contributed by atoms with van der Waals surface area (Å²) in [5, 5.41) is 0. The van der Waals surface area contributed by atoms with E-state index in [4.69, 9.17) is 114 Å². The maximum Gasteiger partial charge on any atom is 0.306 e. The summed E-state index contributed by atoms with van der Waals surface area (Å²) in [5.41, 5.74) is 0. The summed E-state index contributed by atoms with van der Waals surface area (Å²) < 4.78 is 120. The minimum absolute atomic E-state index is 0.00674. The highest BCUT2D eigenvalue weighted by atomic mass is 16.6. The molecule has 694 valence electrons. The van der Waals surface area contributed by atoms with Crippen LogP contribution in [0.4, 0.5) is 0 Å². The van der Waals surface area contributed by atoms with Crippen molar-refractivity contribution in [2.45, 2.75) is 179 Å². The van der Waals surface area contributed by atoms with Crippen molar-refractivity contribution < 1.29 is 200 Å². The van der Waals surface area contributed by atoms with Crippen LogP contribution in [0.25, 0.3) is 0 Å². The molecule has 0 aliphatic heterocycles. The molecule has 0 aromatic heterocycles. The van der Waals surface area contributed by atoms with Gasteiger partial charge in [0.2, 0.25) is 0 Å². The molecule has 0 atom stereocenters. The fourth-order valence-corrected chi connectivity index (χ4v) is 8.92. The number of nitrogens with zero attached hydrogens (tertiary/aromatic N) is 1. The van der Waals surface area contributed by atoms with Crippen molar-refractivity contribution >= 4 is 107 Å². The van der Waals surface area contributed by atoms with Crippen molar-refractivity contribution in [3.8, 4) is 0 Å². The second kappa shape index (κ2) is 81.2. The van der Waals surface area contributed by atoms with Crippen molar-refractivity contribution in [3.63, 3.8) is 0 Å². The van der Waals surface area contributed by atoms with Crippen molar-refractivity contribution in [1.82, 2.24) is 4.90 Å². The predicted molar refractivity (Wildman–Crippen MR) is 409 cm³/mol. The van der Waals surface area contributed by atoms with Crippen LogP contribution < -0.4 is 0 Å². The lowest BCUT2D eigenvalue weighted by Gasteiger charge is -2.22. The number of esters is 18. The Kier molecular flexibility index (Phi) is 76.0. The molecule has 0 aromatic carbocycles. The summed E-state index contributed by atoms with van der Waals surface area (Å²) in [6.07, 6.45) is -1.20. The van der Waals surface area contributed by atoms with Gasteiger partial charge >= 0.3 is 107 Å². The van der Waals surface area contributed by atoms with E-state index in [1.807, 2.05) is 0 Å². The average molecular weight is 1750 g/mol. The van der Waals surface area contributed by atoms with Gasteiger partial charge in [-0.2, -0.15) is 0 Å². The molecule has 0 aliphatic carbocycles. The molecule has 0 N–H and O–H groups in total. The second-order valence-corrected chi connectivity index (χ2v) is 25.3. The molecule has 0 saturated heterocycles. The normalized spacial score (nSPS) is 10.6. The van der Waals surface area contributed by atoms with Crippen LogP contribution in [0, 0.1) is 0 Å². The van der Waals surface area contributed by atoms with Crippen LogP contribution in [0.5, 0.6) is 0 Å². The Balaban J connectivity index is 0. The number of hydrogen-bond acceptors (Lipinski definition) is 43. The van der Waals surface area contributed by atoms with E-state index in [1.54, 1.807) is 4.90 Å². The van der Waals surface area contributed by atoms with Gasteiger partial charge in [0.15, 0.2) is 6.10 Å². The third kappa shape index (κ3) is 79.7. The minimum Gasteiger partial charge on any atom is -0.464 e. The van der Waals surface area contributed by atoms with Crippen molar-refractivity contribution in [1.29, 1.82) is 0 Å². The number of carbonyl (C=O) groups is 18. The topological polar surface area (TPSA) is 532 Å². The van der Waals surface area contributed by atoms with E-state index >= 15 is 0 Å². The van der Waals surface area contributed by atoms with Gasteiger partial charge in [0.1, 0.15) is 112 Å². The maximum absolute atomic E-state index is 12.7. The maximum atomic E-state index is 12.7. The lowest BCUT2D eigenvalue weighted by molar-refractivity contribution is -0.167. The van der Waals surface area contributed by atoms with Crippen LogP contribution in [-0.4, -0.2) is 333 Å². The van der Waals surface area contributed by atoms with E-state index in [-0.39, 0.29) is 312 Å². The lowest BCUT2D eigenvalue weighted by atomic mass is 10.2. The molecule has 0 heterocycles. The third-order valence-electron chi connectivity index (χ3n) is 15.2. The number of ether oxygens (including phenoxy) is 24. The highest BCUT2D eigenvalue weighted by Crippen LogP contribution is 2.12. The van der Waals surface area contributed by atoms with Gasteiger partial charge in [0.05, 0.1) is 39.6 Å². The standard InChI is InChI=1S/C48H74O27.C30H51NO15/c1-61-22-25-64-37(49)10-4-13-40(52)67-28-30-70-43(55)16-7-19-46(58)73-34-36(75-48(60)21-9-18-45(57)72-33-32-69-42(54)15-6-12-39(51)66-27-24-63-3)35-74-47(59)20-8-17-44(56)71-31-29-68-41(53)14-5-11-38(50)65-26-23-62-2;1-38-19-22-44-28(35)10-4-7-25(32)41-16-13-31(14-17-42-26(33)8-5-11-29(36)45-23-20-39-2)15-18-43-27(34)9-6-12-30(37)46-24-21-40-3/h36H,4-35H2,1-3H3;4-24H2,1-3H3. The molecule has 43 heteroatoms. The van der Waals surface area contributed by atoms with Gasteiger partial charge in [-0.1, -0.05) is 0 Å². The molecule has 0 unspecified atom stereocenters. The van der Waals surface area contributed by atoms with Gasteiger partial charge in [-0.05, 0) is 57.8 Å². The molecular formula is C78H125NO42. The first-order valence-electron chi connectivity index (χ1n) is 39.8. The molecule has 121 heavy (non-hydrogen) atoms. The largest absolute Gasteiger partial charge is 0.464 e. The van der Waals surface area contributed by atoms with Crippen molar-refractivity contribution in [2.75, 3.05) is 214 Å². The molecule has 0 amide bonds. The van der Waals surface area contributed by atoms with Gasteiger partial charge in [-0.3, -0.25) is 91.2 Å². The lowest BCUT2D eigenvalue weighted by Crippen LogP contribution is -2.35. The Hall–Kier alpha value is -9.82. The zero-order valence-electron chi connectivity index (χ0n) is 70.6. The van der Waals surface area contributed by atoms with Crippen molar-refractivity contribution in [3.05, 3.63) is 0 Å².